The third kappa shape index (κ3) is 6.77. The van der Waals surface area contributed by atoms with E-state index < -0.39 is 10.8 Å². The predicted octanol–water partition coefficient (Wildman–Crippen LogP) is 2.48. The highest BCUT2D eigenvalue weighted by Gasteiger charge is 2.15. The van der Waals surface area contributed by atoms with Crippen molar-refractivity contribution in [3.05, 3.63) is 0 Å². The first kappa shape index (κ1) is 12.6. The Labute approximate surface area is 83.8 Å². The number of nitrogens with zero attached hydrogens (tertiary/aromatic N) is 1. The van der Waals surface area contributed by atoms with E-state index in [9.17, 15) is 4.21 Å². The van der Waals surface area contributed by atoms with Gasteiger partial charge in [-0.05, 0) is 26.7 Å². The molecule has 0 radical (unpaired) electrons. The lowest BCUT2D eigenvalue weighted by molar-refractivity contribution is 0.432. The van der Waals surface area contributed by atoms with Crippen molar-refractivity contribution < 1.29 is 4.21 Å². The lowest BCUT2D eigenvalue weighted by Gasteiger charge is -2.13. The fraction of sp³-hybridized carbons (Fsp3) is 0.900. The van der Waals surface area contributed by atoms with Crippen LogP contribution < -0.4 is 0 Å². The summed E-state index contributed by atoms with van der Waals surface area (Å²) in [7, 11) is -0.640. The fourth-order valence-electron chi connectivity index (χ4n) is 1.03. The molecule has 0 saturated carbocycles. The number of unbranched alkanes of at least 4 members (excludes halogenated alkanes) is 1. The van der Waals surface area contributed by atoms with E-state index in [1.165, 1.54) is 0 Å². The number of nitriles is 1. The van der Waals surface area contributed by atoms with Crippen LogP contribution in [0.5, 0.6) is 0 Å². The van der Waals surface area contributed by atoms with Gasteiger partial charge in [-0.1, -0.05) is 13.3 Å². The van der Waals surface area contributed by atoms with Gasteiger partial charge >= 0.3 is 0 Å². The van der Waals surface area contributed by atoms with Gasteiger partial charge in [0.2, 0.25) is 0 Å². The molecule has 0 aromatic rings. The third-order valence-electron chi connectivity index (χ3n) is 2.05. The van der Waals surface area contributed by atoms with Crippen molar-refractivity contribution in [1.29, 1.82) is 5.26 Å². The van der Waals surface area contributed by atoms with Crippen LogP contribution in [0, 0.1) is 16.7 Å². The minimum atomic E-state index is -0.640. The monoisotopic (exact) mass is 201 g/mol. The molecule has 0 amide bonds. The quantitative estimate of drug-likeness (QED) is 0.619. The fourth-order valence-corrected chi connectivity index (χ4v) is 1.85. The van der Waals surface area contributed by atoms with Gasteiger partial charge in [0.15, 0.2) is 0 Å². The number of rotatable bonds is 6. The zero-order valence-corrected chi connectivity index (χ0v) is 9.62. The van der Waals surface area contributed by atoms with Gasteiger partial charge in [-0.25, -0.2) is 0 Å². The van der Waals surface area contributed by atoms with Crippen LogP contribution in [-0.2, 0) is 10.8 Å². The van der Waals surface area contributed by atoms with Crippen LogP contribution in [0.4, 0.5) is 0 Å². The summed E-state index contributed by atoms with van der Waals surface area (Å²) in [5.41, 5.74) is -0.215. The van der Waals surface area contributed by atoms with Crippen molar-refractivity contribution in [3.63, 3.8) is 0 Å². The van der Waals surface area contributed by atoms with Crippen LogP contribution in [0.25, 0.3) is 0 Å². The molecule has 0 aliphatic carbocycles. The SMILES string of the molecule is CCS(=O)CCCCC(C)(C)C#N. The minimum Gasteiger partial charge on any atom is -0.260 e. The molecule has 13 heavy (non-hydrogen) atoms. The lowest BCUT2D eigenvalue weighted by Crippen LogP contribution is -2.08. The Morgan fingerprint density at radius 3 is 2.46 bits per heavy atom. The summed E-state index contributed by atoms with van der Waals surface area (Å²) < 4.78 is 11.1. The second kappa shape index (κ2) is 6.15. The van der Waals surface area contributed by atoms with Gasteiger partial charge in [-0.15, -0.1) is 0 Å². The van der Waals surface area contributed by atoms with E-state index in [-0.39, 0.29) is 5.41 Å². The average molecular weight is 201 g/mol. The van der Waals surface area contributed by atoms with Crippen molar-refractivity contribution in [2.24, 2.45) is 5.41 Å². The molecule has 0 aliphatic rings. The number of hydrogen-bond acceptors (Lipinski definition) is 2. The maximum atomic E-state index is 11.1. The average Bonchev–Trinajstić information content (AvgIpc) is 2.12. The predicted molar refractivity (Wildman–Crippen MR) is 56.8 cm³/mol. The molecule has 0 heterocycles. The first-order valence-electron chi connectivity index (χ1n) is 4.78. The molecule has 0 N–H and O–H groups in total. The normalized spacial score (nSPS) is 13.7. The van der Waals surface area contributed by atoms with E-state index in [0.717, 1.165) is 30.8 Å². The second-order valence-electron chi connectivity index (χ2n) is 3.89. The second-order valence-corrected chi connectivity index (χ2v) is 5.75. The molecule has 0 spiro atoms. The van der Waals surface area contributed by atoms with Gasteiger partial charge in [0, 0.05) is 22.3 Å². The Balaban J connectivity index is 3.48. The van der Waals surface area contributed by atoms with Crippen molar-refractivity contribution in [3.8, 4) is 6.07 Å². The smallest absolute Gasteiger partial charge is 0.0683 e. The van der Waals surface area contributed by atoms with Crippen LogP contribution in [-0.4, -0.2) is 15.7 Å². The summed E-state index contributed by atoms with van der Waals surface area (Å²) in [6.45, 7) is 5.84. The third-order valence-corrected chi connectivity index (χ3v) is 3.44. The van der Waals surface area contributed by atoms with E-state index in [2.05, 4.69) is 6.07 Å². The summed E-state index contributed by atoms with van der Waals surface area (Å²) >= 11 is 0. The Bertz CT molecular complexity index is 205. The lowest BCUT2D eigenvalue weighted by atomic mass is 9.89. The number of hydrogen-bond donors (Lipinski definition) is 0. The zero-order chi connectivity index (χ0) is 10.3. The van der Waals surface area contributed by atoms with Crippen molar-refractivity contribution in [2.45, 2.75) is 40.0 Å². The standard InChI is InChI=1S/C10H19NOS/c1-4-13(12)8-6-5-7-10(2,3)9-11/h4-8H2,1-3H3. The highest BCUT2D eigenvalue weighted by molar-refractivity contribution is 7.84. The van der Waals surface area contributed by atoms with Gasteiger partial charge in [0.05, 0.1) is 11.5 Å². The molecule has 0 rings (SSSR count). The molecule has 0 fully saturated rings. The van der Waals surface area contributed by atoms with E-state index in [4.69, 9.17) is 5.26 Å². The van der Waals surface area contributed by atoms with Gasteiger partial charge in [-0.2, -0.15) is 5.26 Å². The molecule has 3 heteroatoms. The van der Waals surface area contributed by atoms with E-state index in [0.29, 0.717) is 0 Å². The Hall–Kier alpha value is -0.360. The van der Waals surface area contributed by atoms with Crippen LogP contribution in [0.1, 0.15) is 40.0 Å². The topological polar surface area (TPSA) is 40.9 Å². The van der Waals surface area contributed by atoms with E-state index in [1.54, 1.807) is 0 Å². The van der Waals surface area contributed by atoms with Gasteiger partial charge < -0.3 is 0 Å². The molecule has 0 aromatic carbocycles. The summed E-state index contributed by atoms with van der Waals surface area (Å²) in [5, 5.41) is 8.74. The van der Waals surface area contributed by atoms with Crippen LogP contribution in [0.15, 0.2) is 0 Å². The molecule has 76 valence electrons. The molecule has 0 bridgehead atoms. The minimum absolute atomic E-state index is 0.215. The molecular formula is C10H19NOS. The summed E-state index contributed by atoms with van der Waals surface area (Å²) in [5.74, 6) is 1.54. The molecule has 1 atom stereocenters. The highest BCUT2D eigenvalue weighted by Crippen LogP contribution is 2.21. The maximum Gasteiger partial charge on any atom is 0.0683 e. The van der Waals surface area contributed by atoms with Gasteiger partial charge in [0.25, 0.3) is 0 Å². The highest BCUT2D eigenvalue weighted by atomic mass is 32.2. The Morgan fingerprint density at radius 2 is 2.00 bits per heavy atom. The largest absolute Gasteiger partial charge is 0.260 e. The summed E-state index contributed by atoms with van der Waals surface area (Å²) in [6.07, 6.45) is 2.89. The molecule has 1 unspecified atom stereocenters. The molecule has 0 aliphatic heterocycles. The van der Waals surface area contributed by atoms with Gasteiger partial charge in [0.1, 0.15) is 0 Å². The molecule has 0 saturated heterocycles. The summed E-state index contributed by atoms with van der Waals surface area (Å²) in [4.78, 5) is 0. The zero-order valence-electron chi connectivity index (χ0n) is 8.80. The summed E-state index contributed by atoms with van der Waals surface area (Å²) in [6, 6.07) is 2.27. The van der Waals surface area contributed by atoms with Crippen LogP contribution in [0.3, 0.4) is 0 Å². The van der Waals surface area contributed by atoms with E-state index >= 15 is 0 Å². The van der Waals surface area contributed by atoms with Crippen molar-refractivity contribution in [2.75, 3.05) is 11.5 Å². The van der Waals surface area contributed by atoms with Crippen LogP contribution >= 0.6 is 0 Å². The molecule has 2 nitrogen and oxygen atoms in total. The molecular weight excluding hydrogens is 182 g/mol. The Morgan fingerprint density at radius 1 is 1.38 bits per heavy atom. The van der Waals surface area contributed by atoms with Gasteiger partial charge in [-0.3, -0.25) is 4.21 Å². The maximum absolute atomic E-state index is 11.1. The first-order chi connectivity index (χ1) is 6.02. The van der Waals surface area contributed by atoms with Crippen molar-refractivity contribution in [1.82, 2.24) is 0 Å². The van der Waals surface area contributed by atoms with E-state index in [1.807, 2.05) is 20.8 Å². The Kier molecular flexibility index (Phi) is 5.98. The first-order valence-corrected chi connectivity index (χ1v) is 6.27. The molecule has 0 aromatic heterocycles. The van der Waals surface area contributed by atoms with Crippen molar-refractivity contribution >= 4 is 10.8 Å². The van der Waals surface area contributed by atoms with Crippen LogP contribution in [0.2, 0.25) is 0 Å².